The average Bonchev–Trinajstić information content (AvgIpc) is 2.76. The Balaban J connectivity index is 2.52. The fraction of sp³-hybridized carbons (Fsp3) is 0.818. The predicted octanol–water partition coefficient (Wildman–Crippen LogP) is 2.53. The van der Waals surface area contributed by atoms with Gasteiger partial charge in [0.25, 0.3) is 0 Å². The maximum atomic E-state index is 5.31. The molecule has 92 valence electrons. The Bertz CT molecular complexity index is 291. The lowest BCUT2D eigenvalue weighted by atomic mass is 10.2. The van der Waals surface area contributed by atoms with Crippen molar-refractivity contribution in [2.45, 2.75) is 46.3 Å². The number of nitrogens with zero attached hydrogens (tertiary/aromatic N) is 2. The Morgan fingerprint density at radius 3 is 2.75 bits per heavy atom. The van der Waals surface area contributed by atoms with Gasteiger partial charge in [0.1, 0.15) is 16.6 Å². The smallest absolute Gasteiger partial charge is 0.143 e. The number of ether oxygens (including phenoxy) is 1. The van der Waals surface area contributed by atoms with Crippen molar-refractivity contribution in [3.8, 4) is 0 Å². The minimum absolute atomic E-state index is 0.341. The molecule has 5 heteroatoms. The Morgan fingerprint density at radius 2 is 2.12 bits per heavy atom. The van der Waals surface area contributed by atoms with Gasteiger partial charge >= 0.3 is 0 Å². The predicted molar refractivity (Wildman–Crippen MR) is 66.6 cm³/mol. The Kier molecular flexibility index (Phi) is 6.52. The molecule has 0 fully saturated rings. The van der Waals surface area contributed by atoms with Crippen molar-refractivity contribution >= 4 is 11.3 Å². The summed E-state index contributed by atoms with van der Waals surface area (Å²) in [6, 6.07) is 0.341. The number of nitrogens with one attached hydrogen (secondary N) is 1. The SMILES string of the molecule is CCCNC(CC)c1nnc(COCC)s1. The van der Waals surface area contributed by atoms with E-state index in [0.717, 1.165) is 36.0 Å². The highest BCUT2D eigenvalue weighted by Gasteiger charge is 2.13. The molecule has 0 aliphatic carbocycles. The third-order valence-corrected chi connectivity index (χ3v) is 3.27. The molecule has 0 aromatic carbocycles. The molecule has 0 saturated carbocycles. The zero-order chi connectivity index (χ0) is 11.8. The first-order chi connectivity index (χ1) is 7.81. The summed E-state index contributed by atoms with van der Waals surface area (Å²) < 4.78 is 5.31. The van der Waals surface area contributed by atoms with Crippen LogP contribution < -0.4 is 5.32 Å². The molecule has 0 aliphatic rings. The van der Waals surface area contributed by atoms with E-state index in [1.807, 2.05) is 6.92 Å². The Morgan fingerprint density at radius 1 is 1.31 bits per heavy atom. The van der Waals surface area contributed by atoms with Crippen molar-refractivity contribution in [1.82, 2.24) is 15.5 Å². The summed E-state index contributed by atoms with van der Waals surface area (Å²) in [5.41, 5.74) is 0. The molecular formula is C11H21N3OS. The highest BCUT2D eigenvalue weighted by molar-refractivity contribution is 7.11. The van der Waals surface area contributed by atoms with Crippen LogP contribution in [0.4, 0.5) is 0 Å². The van der Waals surface area contributed by atoms with Gasteiger partial charge in [-0.25, -0.2) is 0 Å². The molecule has 1 unspecified atom stereocenters. The summed E-state index contributed by atoms with van der Waals surface area (Å²) in [5, 5.41) is 13.9. The summed E-state index contributed by atoms with van der Waals surface area (Å²) >= 11 is 1.65. The van der Waals surface area contributed by atoms with Crippen LogP contribution in [0.25, 0.3) is 0 Å². The molecule has 0 bridgehead atoms. The standard InChI is InChI=1S/C11H21N3OS/c1-4-7-12-9(5-2)11-14-13-10(16-11)8-15-6-3/h9,12H,4-8H2,1-3H3. The van der Waals surface area contributed by atoms with Crippen LogP contribution in [0.1, 0.15) is 49.7 Å². The molecule has 0 amide bonds. The molecule has 0 saturated heterocycles. The van der Waals surface area contributed by atoms with Gasteiger partial charge in [0.05, 0.1) is 6.04 Å². The minimum atomic E-state index is 0.341. The van der Waals surface area contributed by atoms with Gasteiger partial charge < -0.3 is 10.1 Å². The molecule has 16 heavy (non-hydrogen) atoms. The maximum absolute atomic E-state index is 5.31. The van der Waals surface area contributed by atoms with Crippen molar-refractivity contribution in [3.05, 3.63) is 10.0 Å². The molecule has 1 heterocycles. The second-order valence-corrected chi connectivity index (χ2v) is 4.68. The molecule has 1 atom stereocenters. The number of rotatable bonds is 8. The van der Waals surface area contributed by atoms with E-state index in [4.69, 9.17) is 4.74 Å². The van der Waals surface area contributed by atoms with E-state index in [0.29, 0.717) is 12.6 Å². The van der Waals surface area contributed by atoms with Crippen molar-refractivity contribution in [3.63, 3.8) is 0 Å². The zero-order valence-corrected chi connectivity index (χ0v) is 11.1. The van der Waals surface area contributed by atoms with Gasteiger partial charge in [-0.05, 0) is 26.3 Å². The maximum Gasteiger partial charge on any atom is 0.143 e. The first kappa shape index (κ1) is 13.5. The molecule has 1 N–H and O–H groups in total. The highest BCUT2D eigenvalue weighted by atomic mass is 32.1. The number of hydrogen-bond acceptors (Lipinski definition) is 5. The lowest BCUT2D eigenvalue weighted by molar-refractivity contribution is 0.133. The lowest BCUT2D eigenvalue weighted by Crippen LogP contribution is -2.21. The Labute approximate surface area is 101 Å². The number of hydrogen-bond donors (Lipinski definition) is 1. The second kappa shape index (κ2) is 7.70. The summed E-state index contributed by atoms with van der Waals surface area (Å²) in [6.45, 7) is 8.65. The van der Waals surface area contributed by atoms with Crippen LogP contribution in [-0.4, -0.2) is 23.3 Å². The zero-order valence-electron chi connectivity index (χ0n) is 10.3. The first-order valence-electron chi connectivity index (χ1n) is 5.95. The van der Waals surface area contributed by atoms with E-state index in [1.54, 1.807) is 11.3 Å². The van der Waals surface area contributed by atoms with Crippen molar-refractivity contribution in [1.29, 1.82) is 0 Å². The molecule has 0 spiro atoms. The van der Waals surface area contributed by atoms with Crippen LogP contribution >= 0.6 is 11.3 Å². The molecule has 1 aromatic rings. The van der Waals surface area contributed by atoms with Gasteiger partial charge in [-0.15, -0.1) is 10.2 Å². The largest absolute Gasteiger partial charge is 0.374 e. The van der Waals surface area contributed by atoms with Crippen LogP contribution in [-0.2, 0) is 11.3 Å². The van der Waals surface area contributed by atoms with Gasteiger partial charge in [0.2, 0.25) is 0 Å². The third-order valence-electron chi connectivity index (χ3n) is 2.26. The van der Waals surface area contributed by atoms with E-state index >= 15 is 0 Å². The van der Waals surface area contributed by atoms with Gasteiger partial charge in [-0.3, -0.25) is 0 Å². The summed E-state index contributed by atoms with van der Waals surface area (Å²) in [7, 11) is 0. The van der Waals surface area contributed by atoms with Gasteiger partial charge in [0, 0.05) is 6.61 Å². The summed E-state index contributed by atoms with van der Waals surface area (Å²) in [6.07, 6.45) is 2.18. The van der Waals surface area contributed by atoms with E-state index in [2.05, 4.69) is 29.4 Å². The van der Waals surface area contributed by atoms with E-state index in [-0.39, 0.29) is 0 Å². The van der Waals surface area contributed by atoms with Crippen LogP contribution in [0.15, 0.2) is 0 Å². The van der Waals surface area contributed by atoms with Crippen LogP contribution in [0.5, 0.6) is 0 Å². The lowest BCUT2D eigenvalue weighted by Gasteiger charge is -2.12. The van der Waals surface area contributed by atoms with Gasteiger partial charge in [0.15, 0.2) is 0 Å². The first-order valence-corrected chi connectivity index (χ1v) is 6.76. The number of aromatic nitrogens is 2. The fourth-order valence-electron chi connectivity index (χ4n) is 1.38. The quantitative estimate of drug-likeness (QED) is 0.762. The van der Waals surface area contributed by atoms with Crippen molar-refractivity contribution in [2.75, 3.05) is 13.2 Å². The van der Waals surface area contributed by atoms with Crippen LogP contribution in [0.3, 0.4) is 0 Å². The fourth-order valence-corrected chi connectivity index (χ4v) is 2.32. The minimum Gasteiger partial charge on any atom is -0.374 e. The highest BCUT2D eigenvalue weighted by Crippen LogP contribution is 2.21. The van der Waals surface area contributed by atoms with Crippen LogP contribution in [0.2, 0.25) is 0 Å². The van der Waals surface area contributed by atoms with E-state index in [1.165, 1.54) is 0 Å². The summed E-state index contributed by atoms with van der Waals surface area (Å²) in [4.78, 5) is 0. The molecule has 1 aromatic heterocycles. The molecular weight excluding hydrogens is 222 g/mol. The molecule has 1 rings (SSSR count). The van der Waals surface area contributed by atoms with Crippen molar-refractivity contribution < 1.29 is 4.74 Å². The summed E-state index contributed by atoms with van der Waals surface area (Å²) in [5.74, 6) is 0. The van der Waals surface area contributed by atoms with Crippen LogP contribution in [0, 0.1) is 0 Å². The molecule has 0 radical (unpaired) electrons. The normalized spacial score (nSPS) is 12.9. The molecule has 0 aliphatic heterocycles. The van der Waals surface area contributed by atoms with E-state index < -0.39 is 0 Å². The topological polar surface area (TPSA) is 47.0 Å². The van der Waals surface area contributed by atoms with E-state index in [9.17, 15) is 0 Å². The second-order valence-electron chi connectivity index (χ2n) is 3.59. The Hall–Kier alpha value is -0.520. The third kappa shape index (κ3) is 4.15. The van der Waals surface area contributed by atoms with Gasteiger partial charge in [-0.1, -0.05) is 25.2 Å². The molecule has 4 nitrogen and oxygen atoms in total. The monoisotopic (exact) mass is 243 g/mol. The van der Waals surface area contributed by atoms with Gasteiger partial charge in [-0.2, -0.15) is 0 Å². The average molecular weight is 243 g/mol. The van der Waals surface area contributed by atoms with Crippen molar-refractivity contribution in [2.24, 2.45) is 0 Å².